The van der Waals surface area contributed by atoms with Crippen LogP contribution in [0.5, 0.6) is 0 Å². The number of nitrogens with two attached hydrogens (primary N) is 1. The average molecular weight is 239 g/mol. The van der Waals surface area contributed by atoms with Gasteiger partial charge in [0.2, 0.25) is 0 Å². The van der Waals surface area contributed by atoms with Gasteiger partial charge in [0.1, 0.15) is 0 Å². The molecule has 2 atom stereocenters. The Morgan fingerprint density at radius 1 is 1.62 bits per heavy atom. The standard InChI is InChI=1S/C12H21N3S/c1-3-10-6-4-5-7-15(10)12-14-11(8-16-12)9(2)13/h8-10H,3-7,13H2,1-2H3. The summed E-state index contributed by atoms with van der Waals surface area (Å²) in [6, 6.07) is 0.732. The van der Waals surface area contributed by atoms with Crippen molar-refractivity contribution in [3.63, 3.8) is 0 Å². The molecule has 1 saturated heterocycles. The van der Waals surface area contributed by atoms with Gasteiger partial charge in [-0.05, 0) is 32.6 Å². The Hall–Kier alpha value is -0.610. The molecule has 3 nitrogen and oxygen atoms in total. The Kier molecular flexibility index (Phi) is 3.82. The van der Waals surface area contributed by atoms with Crippen molar-refractivity contribution in [2.24, 2.45) is 5.73 Å². The van der Waals surface area contributed by atoms with Crippen LogP contribution in [0.1, 0.15) is 51.3 Å². The van der Waals surface area contributed by atoms with Crippen molar-refractivity contribution < 1.29 is 0 Å². The first-order chi connectivity index (χ1) is 7.72. The first-order valence-corrected chi connectivity index (χ1v) is 7.08. The van der Waals surface area contributed by atoms with Crippen LogP contribution >= 0.6 is 11.3 Å². The molecule has 0 bridgehead atoms. The molecule has 0 aliphatic carbocycles. The van der Waals surface area contributed by atoms with Gasteiger partial charge >= 0.3 is 0 Å². The molecular weight excluding hydrogens is 218 g/mol. The highest BCUT2D eigenvalue weighted by Crippen LogP contribution is 2.30. The molecule has 16 heavy (non-hydrogen) atoms. The summed E-state index contributed by atoms with van der Waals surface area (Å²) in [5.41, 5.74) is 6.88. The van der Waals surface area contributed by atoms with E-state index in [1.54, 1.807) is 11.3 Å². The number of thiazole rings is 1. The molecule has 2 unspecified atom stereocenters. The molecule has 4 heteroatoms. The van der Waals surface area contributed by atoms with Gasteiger partial charge in [-0.1, -0.05) is 6.92 Å². The Morgan fingerprint density at radius 2 is 2.44 bits per heavy atom. The molecule has 2 N–H and O–H groups in total. The second-order valence-electron chi connectivity index (χ2n) is 4.59. The fourth-order valence-corrected chi connectivity index (χ4v) is 3.32. The topological polar surface area (TPSA) is 42.2 Å². The van der Waals surface area contributed by atoms with E-state index in [4.69, 9.17) is 5.73 Å². The summed E-state index contributed by atoms with van der Waals surface area (Å²) < 4.78 is 0. The maximum atomic E-state index is 5.85. The number of hydrogen-bond acceptors (Lipinski definition) is 4. The van der Waals surface area contributed by atoms with Crippen LogP contribution in [0, 0.1) is 0 Å². The number of hydrogen-bond donors (Lipinski definition) is 1. The first kappa shape index (κ1) is 11.9. The number of rotatable bonds is 3. The molecule has 1 aromatic heterocycles. The number of anilines is 1. The Labute approximate surface area is 102 Å². The summed E-state index contributed by atoms with van der Waals surface area (Å²) in [7, 11) is 0. The fraction of sp³-hybridized carbons (Fsp3) is 0.750. The lowest BCUT2D eigenvalue weighted by Gasteiger charge is -2.35. The van der Waals surface area contributed by atoms with Gasteiger partial charge in [-0.3, -0.25) is 0 Å². The predicted octanol–water partition coefficient (Wildman–Crippen LogP) is 2.93. The molecule has 0 amide bonds. The monoisotopic (exact) mass is 239 g/mol. The van der Waals surface area contributed by atoms with E-state index in [1.807, 2.05) is 6.92 Å². The van der Waals surface area contributed by atoms with Crippen molar-refractivity contribution in [3.8, 4) is 0 Å². The van der Waals surface area contributed by atoms with Crippen molar-refractivity contribution in [2.75, 3.05) is 11.4 Å². The lowest BCUT2D eigenvalue weighted by Crippen LogP contribution is -2.39. The molecule has 1 aliphatic rings. The Morgan fingerprint density at radius 3 is 3.06 bits per heavy atom. The first-order valence-electron chi connectivity index (χ1n) is 6.20. The third kappa shape index (κ3) is 2.38. The van der Waals surface area contributed by atoms with Gasteiger partial charge in [0.05, 0.1) is 5.69 Å². The van der Waals surface area contributed by atoms with E-state index in [-0.39, 0.29) is 6.04 Å². The van der Waals surface area contributed by atoms with E-state index in [0.29, 0.717) is 6.04 Å². The zero-order valence-electron chi connectivity index (χ0n) is 10.1. The quantitative estimate of drug-likeness (QED) is 0.882. The van der Waals surface area contributed by atoms with Crippen LogP contribution in [0.2, 0.25) is 0 Å². The molecule has 0 saturated carbocycles. The minimum Gasteiger partial charge on any atom is -0.345 e. The van der Waals surface area contributed by atoms with E-state index < -0.39 is 0 Å². The van der Waals surface area contributed by atoms with Crippen LogP contribution in [-0.4, -0.2) is 17.6 Å². The Balaban J connectivity index is 2.14. The van der Waals surface area contributed by atoms with Crippen molar-refractivity contribution in [2.45, 2.75) is 51.6 Å². The van der Waals surface area contributed by atoms with Gasteiger partial charge in [-0.25, -0.2) is 4.98 Å². The zero-order valence-corrected chi connectivity index (χ0v) is 11.0. The summed E-state index contributed by atoms with van der Waals surface area (Å²) in [5, 5.41) is 3.26. The second-order valence-corrected chi connectivity index (χ2v) is 5.43. The van der Waals surface area contributed by atoms with Crippen LogP contribution in [0.15, 0.2) is 5.38 Å². The van der Waals surface area contributed by atoms with Crippen molar-refractivity contribution in [3.05, 3.63) is 11.1 Å². The van der Waals surface area contributed by atoms with Gasteiger partial charge < -0.3 is 10.6 Å². The summed E-state index contributed by atoms with van der Waals surface area (Å²) in [6.45, 7) is 5.42. The highest BCUT2D eigenvalue weighted by atomic mass is 32.1. The maximum absolute atomic E-state index is 5.85. The van der Waals surface area contributed by atoms with E-state index in [1.165, 1.54) is 30.8 Å². The van der Waals surface area contributed by atoms with Gasteiger partial charge in [-0.15, -0.1) is 11.3 Å². The van der Waals surface area contributed by atoms with Crippen LogP contribution in [0.4, 0.5) is 5.13 Å². The van der Waals surface area contributed by atoms with Gasteiger partial charge in [0, 0.05) is 24.0 Å². The van der Waals surface area contributed by atoms with Crippen LogP contribution < -0.4 is 10.6 Å². The fourth-order valence-electron chi connectivity index (χ4n) is 2.29. The van der Waals surface area contributed by atoms with Crippen LogP contribution in [0.3, 0.4) is 0 Å². The molecule has 2 heterocycles. The minimum atomic E-state index is 0.0508. The van der Waals surface area contributed by atoms with Crippen molar-refractivity contribution >= 4 is 16.5 Å². The lowest BCUT2D eigenvalue weighted by molar-refractivity contribution is 0.449. The Bertz CT molecular complexity index is 335. The minimum absolute atomic E-state index is 0.0508. The molecule has 0 radical (unpaired) electrons. The molecule has 1 aromatic rings. The molecule has 1 fully saturated rings. The lowest BCUT2D eigenvalue weighted by atomic mass is 10.0. The molecular formula is C12H21N3S. The molecule has 90 valence electrons. The van der Waals surface area contributed by atoms with E-state index in [0.717, 1.165) is 12.2 Å². The molecule has 0 spiro atoms. The second kappa shape index (κ2) is 5.15. The maximum Gasteiger partial charge on any atom is 0.185 e. The summed E-state index contributed by atoms with van der Waals surface area (Å²) >= 11 is 1.74. The SMILES string of the molecule is CCC1CCCCN1c1nc(C(C)N)cs1. The van der Waals surface area contributed by atoms with E-state index in [9.17, 15) is 0 Å². The van der Waals surface area contributed by atoms with Crippen LogP contribution in [-0.2, 0) is 0 Å². The van der Waals surface area contributed by atoms with Crippen molar-refractivity contribution in [1.82, 2.24) is 4.98 Å². The van der Waals surface area contributed by atoms with E-state index >= 15 is 0 Å². The summed E-state index contributed by atoms with van der Waals surface area (Å²) in [4.78, 5) is 7.12. The van der Waals surface area contributed by atoms with Crippen molar-refractivity contribution in [1.29, 1.82) is 0 Å². The number of piperidine rings is 1. The largest absolute Gasteiger partial charge is 0.345 e. The molecule has 2 rings (SSSR count). The summed E-state index contributed by atoms with van der Waals surface area (Å²) in [6.07, 6.45) is 5.18. The number of aromatic nitrogens is 1. The average Bonchev–Trinajstić information content (AvgIpc) is 2.78. The van der Waals surface area contributed by atoms with Gasteiger partial charge in [0.25, 0.3) is 0 Å². The smallest absolute Gasteiger partial charge is 0.185 e. The normalized spacial score (nSPS) is 23.4. The van der Waals surface area contributed by atoms with Gasteiger partial charge in [0.15, 0.2) is 5.13 Å². The predicted molar refractivity (Wildman–Crippen MR) is 70.0 cm³/mol. The molecule has 0 aromatic carbocycles. The number of nitrogens with zero attached hydrogens (tertiary/aromatic N) is 2. The summed E-state index contributed by atoms with van der Waals surface area (Å²) in [5.74, 6) is 0. The van der Waals surface area contributed by atoms with Crippen LogP contribution in [0.25, 0.3) is 0 Å². The highest BCUT2D eigenvalue weighted by molar-refractivity contribution is 7.13. The van der Waals surface area contributed by atoms with E-state index in [2.05, 4.69) is 22.2 Å². The zero-order chi connectivity index (χ0) is 11.5. The third-order valence-electron chi connectivity index (χ3n) is 3.32. The third-order valence-corrected chi connectivity index (χ3v) is 4.22. The van der Waals surface area contributed by atoms with Gasteiger partial charge in [-0.2, -0.15) is 0 Å². The highest BCUT2D eigenvalue weighted by Gasteiger charge is 2.23. The molecule has 1 aliphatic heterocycles.